The Kier molecular flexibility index (Phi) is 10.8. The molecule has 2 aromatic rings. The number of rotatable bonds is 8. The molecule has 0 radical (unpaired) electrons. The molecule has 1 aliphatic heterocycles. The van der Waals surface area contributed by atoms with Gasteiger partial charge in [-0.05, 0) is 41.8 Å². The van der Waals surface area contributed by atoms with E-state index in [0.29, 0.717) is 18.9 Å². The Morgan fingerprint density at radius 2 is 1.71 bits per heavy atom. The monoisotopic (exact) mass is 537 g/mol. The molecule has 8 heteroatoms. The third kappa shape index (κ3) is 8.84. The zero-order valence-electron chi connectivity index (χ0n) is 18.0. The van der Waals surface area contributed by atoms with E-state index in [1.807, 2.05) is 36.4 Å². The average molecular weight is 537 g/mol. The summed E-state index contributed by atoms with van der Waals surface area (Å²) in [6.07, 6.45) is 1.44. The van der Waals surface area contributed by atoms with E-state index in [0.717, 1.165) is 56.2 Å². The van der Waals surface area contributed by atoms with Crippen molar-refractivity contribution >= 4 is 47.2 Å². The van der Waals surface area contributed by atoms with Gasteiger partial charge in [-0.2, -0.15) is 0 Å². The van der Waals surface area contributed by atoms with Crippen molar-refractivity contribution in [1.82, 2.24) is 4.90 Å². The third-order valence-electron chi connectivity index (χ3n) is 5.01. The highest BCUT2D eigenvalue weighted by atomic mass is 127. The predicted molar refractivity (Wildman–Crippen MR) is 137 cm³/mol. The molecule has 0 aliphatic carbocycles. The number of nitrogens with one attached hydrogen (secondary N) is 2. The Hall–Kier alpha value is -2.17. The van der Waals surface area contributed by atoms with Crippen molar-refractivity contribution in [2.24, 2.45) is 10.7 Å². The lowest BCUT2D eigenvalue weighted by molar-refractivity contribution is -0.116. The molecule has 0 aromatic heterocycles. The average Bonchev–Trinajstić information content (AvgIpc) is 2.77. The van der Waals surface area contributed by atoms with Crippen LogP contribution in [0.3, 0.4) is 0 Å². The number of nitrogens with zero attached hydrogens (tertiary/aromatic N) is 2. The van der Waals surface area contributed by atoms with Gasteiger partial charge in [0, 0.05) is 37.4 Å². The molecule has 7 nitrogen and oxygen atoms in total. The number of carbonyl (C=O) groups excluding carboxylic acids is 1. The minimum Gasteiger partial charge on any atom is -0.379 e. The fourth-order valence-corrected chi connectivity index (χ4v) is 3.29. The molecule has 168 valence electrons. The van der Waals surface area contributed by atoms with Gasteiger partial charge < -0.3 is 21.1 Å². The highest BCUT2D eigenvalue weighted by Crippen LogP contribution is 2.13. The van der Waals surface area contributed by atoms with Crippen LogP contribution in [0.1, 0.15) is 24.5 Å². The normalized spacial score (nSPS) is 14.5. The van der Waals surface area contributed by atoms with Crippen molar-refractivity contribution in [2.75, 3.05) is 43.5 Å². The second kappa shape index (κ2) is 13.3. The first kappa shape index (κ1) is 25.1. The number of aryl methyl sites for hydroxylation is 1. The van der Waals surface area contributed by atoms with Crippen molar-refractivity contribution in [1.29, 1.82) is 0 Å². The Labute approximate surface area is 201 Å². The van der Waals surface area contributed by atoms with Gasteiger partial charge in [-0.3, -0.25) is 9.69 Å². The number of guanidine groups is 1. The lowest BCUT2D eigenvalue weighted by Gasteiger charge is -2.26. The summed E-state index contributed by atoms with van der Waals surface area (Å²) in [5, 5.41) is 6.10. The lowest BCUT2D eigenvalue weighted by Crippen LogP contribution is -2.38. The number of anilines is 2. The first-order valence-electron chi connectivity index (χ1n) is 10.5. The van der Waals surface area contributed by atoms with Gasteiger partial charge in [-0.1, -0.05) is 31.2 Å². The van der Waals surface area contributed by atoms with Crippen molar-refractivity contribution in [2.45, 2.75) is 26.3 Å². The maximum atomic E-state index is 12.3. The molecule has 0 bridgehead atoms. The van der Waals surface area contributed by atoms with Crippen molar-refractivity contribution < 1.29 is 9.53 Å². The zero-order valence-corrected chi connectivity index (χ0v) is 20.3. The fourth-order valence-electron chi connectivity index (χ4n) is 3.29. The van der Waals surface area contributed by atoms with Gasteiger partial charge in [-0.25, -0.2) is 4.99 Å². The molecular weight excluding hydrogens is 505 g/mol. The summed E-state index contributed by atoms with van der Waals surface area (Å²) in [7, 11) is 0. The quantitative estimate of drug-likeness (QED) is 0.273. The van der Waals surface area contributed by atoms with Crippen LogP contribution in [-0.2, 0) is 22.5 Å². The minimum absolute atomic E-state index is 0. The molecule has 1 fully saturated rings. The van der Waals surface area contributed by atoms with Crippen LogP contribution < -0.4 is 16.4 Å². The zero-order chi connectivity index (χ0) is 21.2. The number of amides is 1. The van der Waals surface area contributed by atoms with Gasteiger partial charge >= 0.3 is 0 Å². The van der Waals surface area contributed by atoms with Crippen LogP contribution >= 0.6 is 24.0 Å². The van der Waals surface area contributed by atoms with E-state index in [1.54, 1.807) is 0 Å². The standard InChI is InChI=1S/C23H31N5O2.HI/c1-2-18-5-3-8-21(15-18)27-23(24)25-17-19-6-4-7-20(16-19)26-22(29)9-10-28-11-13-30-14-12-28;/h3-8,15-16H,2,9-14,17H2,1H3,(H,26,29)(H3,24,25,27);1H. The van der Waals surface area contributed by atoms with Gasteiger partial charge in [0.15, 0.2) is 5.96 Å². The van der Waals surface area contributed by atoms with Gasteiger partial charge in [0.2, 0.25) is 5.91 Å². The Morgan fingerprint density at radius 1 is 1.06 bits per heavy atom. The number of hydrogen-bond acceptors (Lipinski definition) is 4. The van der Waals surface area contributed by atoms with Crippen LogP contribution in [0.4, 0.5) is 11.4 Å². The maximum absolute atomic E-state index is 12.3. The van der Waals surface area contributed by atoms with E-state index in [1.165, 1.54) is 5.56 Å². The molecule has 4 N–H and O–H groups in total. The molecule has 1 amide bonds. The molecule has 0 atom stereocenters. The largest absolute Gasteiger partial charge is 0.379 e. The van der Waals surface area contributed by atoms with Gasteiger partial charge in [0.25, 0.3) is 0 Å². The highest BCUT2D eigenvalue weighted by Gasteiger charge is 2.12. The third-order valence-corrected chi connectivity index (χ3v) is 5.01. The van der Waals surface area contributed by atoms with E-state index in [2.05, 4.69) is 39.6 Å². The topological polar surface area (TPSA) is 92.0 Å². The van der Waals surface area contributed by atoms with Crippen molar-refractivity contribution in [3.05, 3.63) is 59.7 Å². The SMILES string of the molecule is CCc1cccc(NC(N)=NCc2cccc(NC(=O)CCN3CCOCC3)c2)c1.I. The summed E-state index contributed by atoms with van der Waals surface area (Å²) >= 11 is 0. The second-order valence-electron chi connectivity index (χ2n) is 7.33. The minimum atomic E-state index is 0. The number of nitrogens with two attached hydrogens (primary N) is 1. The molecule has 0 unspecified atom stereocenters. The number of aliphatic imine (C=N–C) groups is 1. The predicted octanol–water partition coefficient (Wildman–Crippen LogP) is 3.45. The van der Waals surface area contributed by atoms with Gasteiger partial charge in [-0.15, -0.1) is 24.0 Å². The van der Waals surface area contributed by atoms with Crippen LogP contribution in [0, 0.1) is 0 Å². The van der Waals surface area contributed by atoms with Crippen LogP contribution in [0.5, 0.6) is 0 Å². The van der Waals surface area contributed by atoms with E-state index < -0.39 is 0 Å². The first-order valence-corrected chi connectivity index (χ1v) is 10.5. The summed E-state index contributed by atoms with van der Waals surface area (Å²) in [5.74, 6) is 0.377. The van der Waals surface area contributed by atoms with Crippen LogP contribution in [0.25, 0.3) is 0 Å². The summed E-state index contributed by atoms with van der Waals surface area (Å²) in [4.78, 5) is 18.9. The molecule has 0 spiro atoms. The van der Waals surface area contributed by atoms with Gasteiger partial charge in [0.05, 0.1) is 19.8 Å². The van der Waals surface area contributed by atoms with E-state index in [9.17, 15) is 4.79 Å². The highest BCUT2D eigenvalue weighted by molar-refractivity contribution is 14.0. The van der Waals surface area contributed by atoms with E-state index in [4.69, 9.17) is 10.5 Å². The number of ether oxygens (including phenoxy) is 1. The van der Waals surface area contributed by atoms with E-state index in [-0.39, 0.29) is 29.9 Å². The number of hydrogen-bond donors (Lipinski definition) is 3. The molecule has 1 aliphatic rings. The van der Waals surface area contributed by atoms with Crippen LogP contribution in [0.15, 0.2) is 53.5 Å². The Bertz CT molecular complexity index is 869. The molecule has 31 heavy (non-hydrogen) atoms. The fraction of sp³-hybridized carbons (Fsp3) is 0.391. The second-order valence-corrected chi connectivity index (χ2v) is 7.33. The number of carbonyl (C=O) groups is 1. The summed E-state index contributed by atoms with van der Waals surface area (Å²) < 4.78 is 5.33. The maximum Gasteiger partial charge on any atom is 0.225 e. The molecular formula is C23H32IN5O2. The van der Waals surface area contributed by atoms with Crippen LogP contribution in [0.2, 0.25) is 0 Å². The molecule has 0 saturated carbocycles. The van der Waals surface area contributed by atoms with Crippen molar-refractivity contribution in [3.8, 4) is 0 Å². The first-order chi connectivity index (χ1) is 14.6. The lowest BCUT2D eigenvalue weighted by atomic mass is 10.1. The molecule has 2 aromatic carbocycles. The Balaban J connectivity index is 0.00000341. The van der Waals surface area contributed by atoms with Crippen molar-refractivity contribution in [3.63, 3.8) is 0 Å². The molecule has 3 rings (SSSR count). The molecule has 1 saturated heterocycles. The van der Waals surface area contributed by atoms with Gasteiger partial charge in [0.1, 0.15) is 0 Å². The number of morpholine rings is 1. The Morgan fingerprint density at radius 3 is 2.42 bits per heavy atom. The smallest absolute Gasteiger partial charge is 0.225 e. The number of halogens is 1. The van der Waals surface area contributed by atoms with E-state index >= 15 is 0 Å². The number of benzene rings is 2. The summed E-state index contributed by atoms with van der Waals surface area (Å²) in [6.45, 7) is 6.56. The van der Waals surface area contributed by atoms with Crippen LogP contribution in [-0.4, -0.2) is 49.6 Å². The summed E-state index contributed by atoms with van der Waals surface area (Å²) in [5.41, 5.74) is 9.95. The summed E-state index contributed by atoms with van der Waals surface area (Å²) in [6, 6.07) is 15.8. The molecule has 1 heterocycles.